The summed E-state index contributed by atoms with van der Waals surface area (Å²) in [7, 11) is 4.16. The number of amides is 1. The number of hydrogen-bond donors (Lipinski definition) is 0. The number of carbonyl (C=O) groups excluding carboxylic acids is 2. The van der Waals surface area contributed by atoms with Crippen LogP contribution in [0.3, 0.4) is 0 Å². The number of benzene rings is 2. The molecule has 6 heteroatoms. The third kappa shape index (κ3) is 3.30. The number of likely N-dealkylation sites (N-methyl/N-ethyl adjacent to an activating group) is 1. The standard InChI is InChI=1S/C26H29N2O4/c1-26(2)20-15-17(31-14-12-27-11-13-28(3,4)16-22(27)29)9-10-18(20)24(30)23-19-7-5-6-8-21(19)32-25(23)26/h5-10,15H,11-14,16H2,1-4H3/q+1. The lowest BCUT2D eigenvalue weighted by Crippen LogP contribution is -2.58. The summed E-state index contributed by atoms with van der Waals surface area (Å²) in [6.45, 7) is 7.35. The zero-order valence-corrected chi connectivity index (χ0v) is 19.1. The molecule has 1 amide bonds. The van der Waals surface area contributed by atoms with Crippen molar-refractivity contribution in [2.75, 3.05) is 46.9 Å². The van der Waals surface area contributed by atoms with E-state index in [0.29, 0.717) is 42.3 Å². The molecule has 32 heavy (non-hydrogen) atoms. The Morgan fingerprint density at radius 3 is 2.69 bits per heavy atom. The fourth-order valence-electron chi connectivity index (χ4n) is 4.87. The van der Waals surface area contributed by atoms with E-state index < -0.39 is 5.41 Å². The molecule has 0 unspecified atom stereocenters. The Bertz CT molecular complexity index is 1240. The Morgan fingerprint density at radius 2 is 1.91 bits per heavy atom. The fourth-order valence-corrected chi connectivity index (χ4v) is 4.87. The summed E-state index contributed by atoms with van der Waals surface area (Å²) >= 11 is 0. The van der Waals surface area contributed by atoms with E-state index in [1.165, 1.54) is 0 Å². The second-order valence-corrected chi connectivity index (χ2v) is 10.0. The van der Waals surface area contributed by atoms with E-state index >= 15 is 0 Å². The molecule has 1 aromatic heterocycles. The maximum Gasteiger partial charge on any atom is 0.278 e. The zero-order valence-electron chi connectivity index (χ0n) is 19.1. The van der Waals surface area contributed by atoms with Gasteiger partial charge in [0, 0.05) is 16.4 Å². The van der Waals surface area contributed by atoms with Crippen LogP contribution in [0, 0.1) is 0 Å². The van der Waals surface area contributed by atoms with Crippen LogP contribution in [0.15, 0.2) is 46.9 Å². The Morgan fingerprint density at radius 1 is 1.12 bits per heavy atom. The maximum atomic E-state index is 13.3. The van der Waals surface area contributed by atoms with E-state index in [2.05, 4.69) is 27.9 Å². The van der Waals surface area contributed by atoms with Crippen molar-refractivity contribution in [3.05, 3.63) is 64.9 Å². The fraction of sp³-hybridized carbons (Fsp3) is 0.385. The molecule has 3 aromatic rings. The highest BCUT2D eigenvalue weighted by Crippen LogP contribution is 2.46. The van der Waals surface area contributed by atoms with Crippen LogP contribution in [0.2, 0.25) is 0 Å². The van der Waals surface area contributed by atoms with Gasteiger partial charge in [-0.05, 0) is 43.7 Å². The lowest BCUT2D eigenvalue weighted by molar-refractivity contribution is -0.885. The van der Waals surface area contributed by atoms with Gasteiger partial charge in [0.25, 0.3) is 5.91 Å². The Kier molecular flexibility index (Phi) is 4.67. The van der Waals surface area contributed by atoms with Crippen LogP contribution in [0.5, 0.6) is 5.75 Å². The predicted octanol–water partition coefficient (Wildman–Crippen LogP) is 3.60. The summed E-state index contributed by atoms with van der Waals surface area (Å²) < 4.78 is 12.9. The number of fused-ring (bicyclic) bond motifs is 4. The van der Waals surface area contributed by atoms with Crippen molar-refractivity contribution < 1.29 is 23.2 Å². The minimum absolute atomic E-state index is 0.00882. The first-order valence-electron chi connectivity index (χ1n) is 11.1. The summed E-state index contributed by atoms with van der Waals surface area (Å²) in [4.78, 5) is 27.6. The summed E-state index contributed by atoms with van der Waals surface area (Å²) in [6, 6.07) is 13.3. The van der Waals surface area contributed by atoms with Gasteiger partial charge in [-0.3, -0.25) is 9.59 Å². The van der Waals surface area contributed by atoms with Crippen molar-refractivity contribution in [3.63, 3.8) is 0 Å². The third-order valence-corrected chi connectivity index (χ3v) is 6.82. The molecule has 0 bridgehead atoms. The number of nitrogens with zero attached hydrogens (tertiary/aromatic N) is 2. The summed E-state index contributed by atoms with van der Waals surface area (Å²) in [5.41, 5.74) is 2.52. The molecule has 2 heterocycles. The number of piperazine rings is 1. The molecule has 1 aliphatic heterocycles. The first kappa shape index (κ1) is 20.8. The van der Waals surface area contributed by atoms with E-state index in [0.717, 1.165) is 34.1 Å². The minimum atomic E-state index is -0.469. The van der Waals surface area contributed by atoms with E-state index in [9.17, 15) is 9.59 Å². The summed E-state index contributed by atoms with van der Waals surface area (Å²) in [5, 5.41) is 0.861. The highest BCUT2D eigenvalue weighted by molar-refractivity contribution is 6.19. The molecule has 5 rings (SSSR count). The molecule has 0 atom stereocenters. The zero-order chi connectivity index (χ0) is 22.7. The molecule has 0 N–H and O–H groups in total. The molecule has 1 aliphatic carbocycles. The topological polar surface area (TPSA) is 59.8 Å². The molecule has 1 saturated heterocycles. The molecule has 0 radical (unpaired) electrons. The predicted molar refractivity (Wildman–Crippen MR) is 122 cm³/mol. The number of carbonyl (C=O) groups is 2. The SMILES string of the molecule is CC1(C)c2cc(OCCN3CC[N+](C)(C)CC3=O)ccc2C(=O)c2c1oc1ccccc21. The van der Waals surface area contributed by atoms with Crippen molar-refractivity contribution in [1.29, 1.82) is 0 Å². The number of furan rings is 1. The second-order valence-electron chi connectivity index (χ2n) is 10.0. The van der Waals surface area contributed by atoms with Crippen LogP contribution in [-0.4, -0.2) is 68.0 Å². The van der Waals surface area contributed by atoms with Crippen LogP contribution < -0.4 is 4.74 Å². The van der Waals surface area contributed by atoms with E-state index in [4.69, 9.17) is 9.15 Å². The Balaban J connectivity index is 1.37. The number of quaternary nitrogens is 1. The molecule has 0 saturated carbocycles. The van der Waals surface area contributed by atoms with Crippen LogP contribution in [0.25, 0.3) is 11.0 Å². The van der Waals surface area contributed by atoms with Crippen LogP contribution in [-0.2, 0) is 10.2 Å². The van der Waals surface area contributed by atoms with Crippen LogP contribution >= 0.6 is 0 Å². The number of ketones is 1. The molecular formula is C26H29N2O4+. The first-order chi connectivity index (χ1) is 15.2. The molecule has 2 aromatic carbocycles. The lowest BCUT2D eigenvalue weighted by atomic mass is 9.72. The van der Waals surface area contributed by atoms with Gasteiger partial charge >= 0.3 is 0 Å². The molecule has 166 valence electrons. The number of ether oxygens (including phenoxy) is 1. The molecule has 6 nitrogen and oxygen atoms in total. The van der Waals surface area contributed by atoms with Crippen molar-refractivity contribution in [2.24, 2.45) is 0 Å². The van der Waals surface area contributed by atoms with E-state index in [1.54, 1.807) is 0 Å². The van der Waals surface area contributed by atoms with Gasteiger partial charge in [-0.1, -0.05) is 18.2 Å². The van der Waals surface area contributed by atoms with Gasteiger partial charge in [0.15, 0.2) is 12.3 Å². The van der Waals surface area contributed by atoms with E-state index in [-0.39, 0.29) is 11.7 Å². The lowest BCUT2D eigenvalue weighted by Gasteiger charge is -2.38. The van der Waals surface area contributed by atoms with Crippen LogP contribution in [0.1, 0.15) is 41.1 Å². The van der Waals surface area contributed by atoms with Crippen molar-refractivity contribution in [3.8, 4) is 5.75 Å². The number of para-hydroxylation sites is 1. The summed E-state index contributed by atoms with van der Waals surface area (Å²) in [6.07, 6.45) is 0. The van der Waals surface area contributed by atoms with E-state index in [1.807, 2.05) is 47.4 Å². The normalized spacial score (nSPS) is 19.1. The molecule has 1 fully saturated rings. The van der Waals surface area contributed by atoms with Gasteiger partial charge in [-0.25, -0.2) is 0 Å². The van der Waals surface area contributed by atoms with Gasteiger partial charge in [0.05, 0.1) is 39.3 Å². The smallest absolute Gasteiger partial charge is 0.278 e. The van der Waals surface area contributed by atoms with Crippen molar-refractivity contribution in [1.82, 2.24) is 4.90 Å². The van der Waals surface area contributed by atoms with Gasteiger partial charge in [0.2, 0.25) is 0 Å². The molecular weight excluding hydrogens is 404 g/mol. The summed E-state index contributed by atoms with van der Waals surface area (Å²) in [5.74, 6) is 1.56. The average molecular weight is 434 g/mol. The Hall–Kier alpha value is -3.12. The highest BCUT2D eigenvalue weighted by Gasteiger charge is 2.41. The van der Waals surface area contributed by atoms with Gasteiger partial charge < -0.3 is 18.5 Å². The van der Waals surface area contributed by atoms with Gasteiger partial charge in [-0.15, -0.1) is 0 Å². The first-order valence-corrected chi connectivity index (χ1v) is 11.1. The largest absolute Gasteiger partial charge is 0.492 e. The number of hydrogen-bond acceptors (Lipinski definition) is 4. The maximum absolute atomic E-state index is 13.3. The van der Waals surface area contributed by atoms with Crippen molar-refractivity contribution >= 4 is 22.7 Å². The molecule has 0 spiro atoms. The highest BCUT2D eigenvalue weighted by atomic mass is 16.5. The number of rotatable bonds is 4. The van der Waals surface area contributed by atoms with Crippen LogP contribution in [0.4, 0.5) is 0 Å². The molecule has 2 aliphatic rings. The Labute approximate surface area is 187 Å². The average Bonchev–Trinajstić information content (AvgIpc) is 3.14. The van der Waals surface area contributed by atoms with Gasteiger partial charge in [-0.2, -0.15) is 0 Å². The quantitative estimate of drug-likeness (QED) is 0.590. The van der Waals surface area contributed by atoms with Gasteiger partial charge in [0.1, 0.15) is 23.7 Å². The third-order valence-electron chi connectivity index (χ3n) is 6.82. The van der Waals surface area contributed by atoms with Crippen molar-refractivity contribution in [2.45, 2.75) is 19.3 Å². The second kappa shape index (κ2) is 7.20. The monoisotopic (exact) mass is 433 g/mol. The minimum Gasteiger partial charge on any atom is -0.492 e.